The van der Waals surface area contributed by atoms with E-state index in [1.165, 1.54) is 36.4 Å². The van der Waals surface area contributed by atoms with Gasteiger partial charge in [-0.15, -0.1) is 0 Å². The number of nitrogens with one attached hydrogen (secondary N) is 4. The van der Waals surface area contributed by atoms with Gasteiger partial charge < -0.3 is 5.32 Å². The molecule has 0 aliphatic carbocycles. The predicted molar refractivity (Wildman–Crippen MR) is 145 cm³/mol. The van der Waals surface area contributed by atoms with Gasteiger partial charge in [-0.3, -0.25) is 25.7 Å². The molecule has 0 radical (unpaired) electrons. The molecule has 0 aliphatic rings. The van der Waals surface area contributed by atoms with E-state index in [9.17, 15) is 23.3 Å². The first kappa shape index (κ1) is 27.5. The number of halogens is 1. The summed E-state index contributed by atoms with van der Waals surface area (Å²) in [6, 6.07) is 16.1. The van der Waals surface area contributed by atoms with Gasteiger partial charge >= 0.3 is 6.03 Å². The van der Waals surface area contributed by atoms with Crippen molar-refractivity contribution in [2.24, 2.45) is 0 Å². The highest BCUT2D eigenvalue weighted by Gasteiger charge is 2.25. The van der Waals surface area contributed by atoms with Gasteiger partial charge in [0.05, 0.1) is 15.4 Å². The highest BCUT2D eigenvalue weighted by Crippen LogP contribution is 2.29. The number of hydrazine groups is 1. The first-order valence-corrected chi connectivity index (χ1v) is 12.8. The van der Waals surface area contributed by atoms with Crippen LogP contribution in [0.1, 0.15) is 31.9 Å². The van der Waals surface area contributed by atoms with E-state index >= 15 is 0 Å². The zero-order chi connectivity index (χ0) is 27.4. The van der Waals surface area contributed by atoms with Crippen LogP contribution < -0.4 is 20.9 Å². The van der Waals surface area contributed by atoms with E-state index in [0.29, 0.717) is 5.02 Å². The number of carbonyl (C=O) groups excluding carboxylic acids is 1. The number of hydrogen-bond acceptors (Lipinski definition) is 6. The molecule has 0 fully saturated rings. The number of hydrogen-bond donors (Lipinski definition) is 4. The van der Waals surface area contributed by atoms with Gasteiger partial charge in [0.15, 0.2) is 0 Å². The van der Waals surface area contributed by atoms with Crippen LogP contribution in [0.2, 0.25) is 5.02 Å². The average Bonchev–Trinajstić information content (AvgIpc) is 2.83. The number of nitro groups is 1. The van der Waals surface area contributed by atoms with Gasteiger partial charge in [-0.05, 0) is 74.4 Å². The molecular weight excluding hydrogens is 518 g/mol. The van der Waals surface area contributed by atoms with Crippen molar-refractivity contribution in [3.63, 3.8) is 0 Å². The summed E-state index contributed by atoms with van der Waals surface area (Å²) in [5.74, 6) is 0. The summed E-state index contributed by atoms with van der Waals surface area (Å²) in [4.78, 5) is 23.1. The molecule has 0 atom stereocenters. The molecule has 4 N–H and O–H groups in total. The van der Waals surface area contributed by atoms with Crippen LogP contribution in [-0.4, -0.2) is 19.4 Å². The van der Waals surface area contributed by atoms with E-state index < -0.39 is 32.2 Å². The molecule has 37 heavy (non-hydrogen) atoms. The van der Waals surface area contributed by atoms with Crippen LogP contribution in [0.5, 0.6) is 0 Å². The number of sulfonamides is 1. The number of nitro benzene ring substituents is 1. The van der Waals surface area contributed by atoms with Crippen LogP contribution in [0.15, 0.2) is 78.2 Å². The monoisotopic (exact) mass is 543 g/mol. The molecule has 0 bridgehead atoms. The Hall–Kier alpha value is -4.09. The van der Waals surface area contributed by atoms with Crippen molar-refractivity contribution >= 4 is 50.3 Å². The molecule has 12 heteroatoms. The summed E-state index contributed by atoms with van der Waals surface area (Å²) >= 11 is 5.81. The minimum atomic E-state index is -4.13. The molecule has 2 amide bonds. The Labute approximate surface area is 219 Å². The third kappa shape index (κ3) is 6.99. The lowest BCUT2D eigenvalue weighted by molar-refractivity contribution is -0.384. The lowest BCUT2D eigenvalue weighted by Gasteiger charge is -2.27. The first-order chi connectivity index (χ1) is 17.3. The van der Waals surface area contributed by atoms with Crippen molar-refractivity contribution in [1.82, 2.24) is 10.7 Å². The van der Waals surface area contributed by atoms with Gasteiger partial charge in [0.2, 0.25) is 0 Å². The van der Waals surface area contributed by atoms with Crippen molar-refractivity contribution < 1.29 is 18.1 Å². The van der Waals surface area contributed by atoms with E-state index in [0.717, 1.165) is 22.8 Å². The molecule has 0 aromatic heterocycles. The number of amides is 2. The number of nitrogens with zero attached hydrogens (tertiary/aromatic N) is 1. The minimum absolute atomic E-state index is 0.104. The summed E-state index contributed by atoms with van der Waals surface area (Å²) in [6.07, 6.45) is 0. The van der Waals surface area contributed by atoms with Crippen LogP contribution in [0.3, 0.4) is 0 Å². The Bertz CT molecular complexity index is 1460. The van der Waals surface area contributed by atoms with Crippen molar-refractivity contribution in [2.45, 2.75) is 31.2 Å². The molecule has 3 aromatic rings. The predicted octanol–water partition coefficient (Wildman–Crippen LogP) is 5.64. The lowest BCUT2D eigenvalue weighted by Crippen LogP contribution is -2.48. The lowest BCUT2D eigenvalue weighted by atomic mass is 9.92. The normalized spacial score (nSPS) is 11.4. The van der Waals surface area contributed by atoms with Crippen LogP contribution in [-0.2, 0) is 15.6 Å². The van der Waals surface area contributed by atoms with E-state index in [1.54, 1.807) is 13.8 Å². The summed E-state index contributed by atoms with van der Waals surface area (Å²) in [5.41, 5.74) is 6.29. The molecule has 10 nitrogen and oxygen atoms in total. The standard InChI is InChI=1S/C25H26ClN5O5S/c1-16(2)17-6-5-7-18(14-17)25(3,4)27-24(32)29-28-22-13-12-21(15-23(22)31(33)34)37(35,36)30-20-10-8-19(26)9-11-20/h5-15,28,30H,1H2,2-4H3,(H2,27,29,32). The highest BCUT2D eigenvalue weighted by atomic mass is 35.5. The minimum Gasteiger partial charge on any atom is -0.328 e. The zero-order valence-corrected chi connectivity index (χ0v) is 21.9. The van der Waals surface area contributed by atoms with E-state index in [4.69, 9.17) is 11.6 Å². The Balaban J connectivity index is 1.73. The van der Waals surface area contributed by atoms with Crippen molar-refractivity contribution in [3.8, 4) is 0 Å². The molecule has 0 saturated carbocycles. The average molecular weight is 544 g/mol. The first-order valence-electron chi connectivity index (χ1n) is 11.0. The number of rotatable bonds is 9. The summed E-state index contributed by atoms with van der Waals surface area (Å²) in [5, 5.41) is 14.9. The van der Waals surface area contributed by atoms with Crippen molar-refractivity contribution in [2.75, 3.05) is 10.1 Å². The Kier molecular flexibility index (Phi) is 8.09. The second-order valence-corrected chi connectivity index (χ2v) is 10.9. The van der Waals surface area contributed by atoms with E-state index in [-0.39, 0.29) is 16.3 Å². The van der Waals surface area contributed by atoms with Crippen LogP contribution in [0, 0.1) is 10.1 Å². The fourth-order valence-electron chi connectivity index (χ4n) is 3.35. The van der Waals surface area contributed by atoms with Gasteiger partial charge in [0, 0.05) is 16.8 Å². The van der Waals surface area contributed by atoms with Gasteiger partial charge in [0.25, 0.3) is 15.7 Å². The molecule has 0 heterocycles. The maximum Gasteiger partial charge on any atom is 0.334 e. The molecule has 3 rings (SSSR count). The smallest absolute Gasteiger partial charge is 0.328 e. The Morgan fingerprint density at radius 1 is 1.05 bits per heavy atom. The summed E-state index contributed by atoms with van der Waals surface area (Å²) < 4.78 is 27.8. The van der Waals surface area contributed by atoms with Crippen LogP contribution in [0.4, 0.5) is 21.9 Å². The molecule has 0 aliphatic heterocycles. The Morgan fingerprint density at radius 2 is 1.73 bits per heavy atom. The van der Waals surface area contributed by atoms with Gasteiger partial charge in [-0.2, -0.15) is 0 Å². The zero-order valence-electron chi connectivity index (χ0n) is 20.3. The van der Waals surface area contributed by atoms with E-state index in [2.05, 4.69) is 27.5 Å². The van der Waals surface area contributed by atoms with Crippen molar-refractivity contribution in [3.05, 3.63) is 99.6 Å². The molecule has 194 valence electrons. The third-order valence-corrected chi connectivity index (χ3v) is 7.02. The van der Waals surface area contributed by atoms with Gasteiger partial charge in [-0.1, -0.05) is 42.0 Å². The van der Waals surface area contributed by atoms with Crippen LogP contribution in [0.25, 0.3) is 5.57 Å². The third-order valence-electron chi connectivity index (χ3n) is 5.39. The van der Waals surface area contributed by atoms with Crippen LogP contribution >= 0.6 is 11.6 Å². The second kappa shape index (κ2) is 10.9. The topological polar surface area (TPSA) is 142 Å². The quantitative estimate of drug-likeness (QED) is 0.203. The number of carbonyl (C=O) groups is 1. The molecule has 0 spiro atoms. The molecular formula is C25H26ClN5O5S. The highest BCUT2D eigenvalue weighted by molar-refractivity contribution is 7.92. The Morgan fingerprint density at radius 3 is 2.35 bits per heavy atom. The van der Waals surface area contributed by atoms with E-state index in [1.807, 2.05) is 31.2 Å². The maximum absolute atomic E-state index is 12.7. The van der Waals surface area contributed by atoms with Gasteiger partial charge in [0.1, 0.15) is 5.69 Å². The maximum atomic E-state index is 12.7. The number of benzene rings is 3. The second-order valence-electron chi connectivity index (χ2n) is 8.74. The summed E-state index contributed by atoms with van der Waals surface area (Å²) in [6.45, 7) is 9.42. The number of urea groups is 1. The van der Waals surface area contributed by atoms with Crippen molar-refractivity contribution in [1.29, 1.82) is 0 Å². The number of allylic oxidation sites excluding steroid dienone is 1. The SMILES string of the molecule is C=C(C)c1cccc(C(C)(C)NC(=O)NNc2ccc(S(=O)(=O)Nc3ccc(Cl)cc3)cc2[N+](=O)[O-])c1. The summed E-state index contributed by atoms with van der Waals surface area (Å²) in [7, 11) is -4.13. The largest absolute Gasteiger partial charge is 0.334 e. The number of anilines is 2. The fraction of sp³-hybridized carbons (Fsp3) is 0.160. The molecule has 0 unspecified atom stereocenters. The molecule has 3 aromatic carbocycles. The fourth-order valence-corrected chi connectivity index (χ4v) is 4.56. The van der Waals surface area contributed by atoms with Gasteiger partial charge in [-0.25, -0.2) is 13.2 Å². The molecule has 0 saturated heterocycles.